The minimum absolute atomic E-state index is 0.116. The second kappa shape index (κ2) is 10.8. The Hall–Kier alpha value is -2.20. The van der Waals surface area contributed by atoms with Crippen LogP contribution >= 0.6 is 34.8 Å². The highest BCUT2D eigenvalue weighted by Gasteiger charge is 2.43. The second-order valence-electron chi connectivity index (χ2n) is 9.69. The number of halogens is 3. The largest absolute Gasteiger partial charge is 0.364 e. The molecule has 3 aromatic carbocycles. The van der Waals surface area contributed by atoms with Gasteiger partial charge in [0.2, 0.25) is 5.91 Å². The first-order valence-corrected chi connectivity index (χ1v) is 13.4. The Morgan fingerprint density at radius 2 is 1.66 bits per heavy atom. The Kier molecular flexibility index (Phi) is 7.57. The molecule has 3 aromatic rings. The lowest BCUT2D eigenvalue weighted by Crippen LogP contribution is -2.39. The molecule has 1 heterocycles. The smallest absolute Gasteiger partial charge is 0.223 e. The zero-order valence-corrected chi connectivity index (χ0v) is 21.7. The number of hydrogen-bond acceptors (Lipinski definition) is 2. The molecule has 0 aromatic heterocycles. The molecular weight excluding hydrogens is 499 g/mol. The van der Waals surface area contributed by atoms with Crippen molar-refractivity contribution in [3.63, 3.8) is 0 Å². The summed E-state index contributed by atoms with van der Waals surface area (Å²) in [6.45, 7) is 1.61. The van der Waals surface area contributed by atoms with Crippen LogP contribution in [0, 0.1) is 11.8 Å². The monoisotopic (exact) mass is 526 g/mol. The molecule has 182 valence electrons. The van der Waals surface area contributed by atoms with Crippen molar-refractivity contribution >= 4 is 46.4 Å². The zero-order valence-electron chi connectivity index (χ0n) is 19.5. The standard InChI is InChI=1S/C29H29Cl3N2O/c30-21-7-10-23(11-8-21)34-18-19(6-13-28(34)24-12-9-22(31)16-27(24)32)14-15-33-29(35)26-17-25(26)20-4-2-1-3-5-20/h1-5,7-12,16,19,25-26,28H,6,13-15,17-18H2,(H,33,35)/t19?,25-,26+,28?/m0/s1. The highest BCUT2D eigenvalue weighted by atomic mass is 35.5. The highest BCUT2D eigenvalue weighted by molar-refractivity contribution is 6.35. The summed E-state index contributed by atoms with van der Waals surface area (Å²) in [7, 11) is 0. The molecule has 3 nitrogen and oxygen atoms in total. The van der Waals surface area contributed by atoms with Crippen LogP contribution < -0.4 is 10.2 Å². The lowest BCUT2D eigenvalue weighted by atomic mass is 9.86. The number of carbonyl (C=O) groups excluding carboxylic acids is 1. The zero-order chi connectivity index (χ0) is 24.4. The fourth-order valence-electron chi connectivity index (χ4n) is 5.38. The van der Waals surface area contributed by atoms with Gasteiger partial charge >= 0.3 is 0 Å². The van der Waals surface area contributed by atoms with Gasteiger partial charge in [-0.1, -0.05) is 71.2 Å². The molecule has 4 atom stereocenters. The molecule has 0 spiro atoms. The van der Waals surface area contributed by atoms with Crippen molar-refractivity contribution < 1.29 is 4.79 Å². The van der Waals surface area contributed by atoms with E-state index in [4.69, 9.17) is 34.8 Å². The van der Waals surface area contributed by atoms with E-state index in [1.165, 1.54) is 5.56 Å². The van der Waals surface area contributed by atoms with Crippen molar-refractivity contribution in [1.82, 2.24) is 5.32 Å². The van der Waals surface area contributed by atoms with Crippen LogP contribution in [0.5, 0.6) is 0 Å². The number of amides is 1. The van der Waals surface area contributed by atoms with Gasteiger partial charge in [-0.15, -0.1) is 0 Å². The highest BCUT2D eigenvalue weighted by Crippen LogP contribution is 2.47. The lowest BCUT2D eigenvalue weighted by molar-refractivity contribution is -0.122. The molecule has 1 aliphatic heterocycles. The van der Waals surface area contributed by atoms with Gasteiger partial charge in [0.1, 0.15) is 0 Å². The van der Waals surface area contributed by atoms with Crippen LogP contribution in [0.1, 0.15) is 48.8 Å². The topological polar surface area (TPSA) is 32.3 Å². The third-order valence-electron chi connectivity index (χ3n) is 7.37. The van der Waals surface area contributed by atoms with Gasteiger partial charge in [0.15, 0.2) is 0 Å². The fraction of sp³-hybridized carbons (Fsp3) is 0.345. The molecule has 1 aliphatic carbocycles. The molecule has 1 N–H and O–H groups in total. The molecule has 2 unspecified atom stereocenters. The average molecular weight is 528 g/mol. The molecule has 0 bridgehead atoms. The molecule has 2 fully saturated rings. The summed E-state index contributed by atoms with van der Waals surface area (Å²) in [6, 6.07) is 24.3. The summed E-state index contributed by atoms with van der Waals surface area (Å²) >= 11 is 18.9. The Bertz CT molecular complexity index is 1170. The van der Waals surface area contributed by atoms with Gasteiger partial charge in [-0.25, -0.2) is 0 Å². The minimum atomic E-state index is 0.116. The van der Waals surface area contributed by atoms with Gasteiger partial charge < -0.3 is 10.2 Å². The maximum absolute atomic E-state index is 12.7. The number of nitrogens with zero attached hydrogens (tertiary/aromatic N) is 1. The number of anilines is 1. The first-order chi connectivity index (χ1) is 17.0. The van der Waals surface area contributed by atoms with E-state index in [2.05, 4.69) is 34.5 Å². The normalized spacial score (nSPS) is 23.7. The van der Waals surface area contributed by atoms with Crippen LogP contribution in [0.3, 0.4) is 0 Å². The molecule has 2 aliphatic rings. The Balaban J connectivity index is 1.21. The number of hydrogen-bond donors (Lipinski definition) is 1. The third-order valence-corrected chi connectivity index (χ3v) is 8.18. The van der Waals surface area contributed by atoms with E-state index in [0.29, 0.717) is 28.4 Å². The number of rotatable bonds is 7. The van der Waals surface area contributed by atoms with Gasteiger partial charge in [-0.05, 0) is 85.0 Å². The number of carbonyl (C=O) groups is 1. The van der Waals surface area contributed by atoms with Gasteiger partial charge in [0, 0.05) is 39.8 Å². The molecule has 1 amide bonds. The van der Waals surface area contributed by atoms with E-state index in [-0.39, 0.29) is 17.9 Å². The first kappa shape index (κ1) is 24.5. The van der Waals surface area contributed by atoms with Crippen molar-refractivity contribution in [2.24, 2.45) is 11.8 Å². The van der Waals surface area contributed by atoms with Gasteiger partial charge in [0.25, 0.3) is 0 Å². The summed E-state index contributed by atoms with van der Waals surface area (Å²) < 4.78 is 0. The maximum Gasteiger partial charge on any atom is 0.223 e. The van der Waals surface area contributed by atoms with Crippen LogP contribution in [-0.2, 0) is 4.79 Å². The summed E-state index contributed by atoms with van der Waals surface area (Å²) in [5.41, 5.74) is 3.49. The van der Waals surface area contributed by atoms with Crippen LogP contribution in [0.2, 0.25) is 15.1 Å². The predicted molar refractivity (Wildman–Crippen MR) is 146 cm³/mol. The summed E-state index contributed by atoms with van der Waals surface area (Å²) in [5, 5.41) is 5.27. The summed E-state index contributed by atoms with van der Waals surface area (Å²) in [6.07, 6.45) is 3.98. The number of nitrogens with one attached hydrogen (secondary N) is 1. The van der Waals surface area contributed by atoms with Crippen molar-refractivity contribution in [3.05, 3.63) is 99.0 Å². The van der Waals surface area contributed by atoms with Crippen LogP contribution in [0.15, 0.2) is 72.8 Å². The third kappa shape index (κ3) is 5.80. The van der Waals surface area contributed by atoms with E-state index in [1.54, 1.807) is 0 Å². The van der Waals surface area contributed by atoms with Crippen molar-refractivity contribution in [2.75, 3.05) is 18.0 Å². The molecule has 5 rings (SSSR count). The van der Waals surface area contributed by atoms with Crippen molar-refractivity contribution in [1.29, 1.82) is 0 Å². The predicted octanol–water partition coefficient (Wildman–Crippen LogP) is 7.91. The Labute approximate surface area is 222 Å². The van der Waals surface area contributed by atoms with E-state index in [1.807, 2.05) is 48.5 Å². The molecule has 6 heteroatoms. The van der Waals surface area contributed by atoms with Crippen LogP contribution in [0.4, 0.5) is 5.69 Å². The maximum atomic E-state index is 12.7. The van der Waals surface area contributed by atoms with Crippen molar-refractivity contribution in [3.8, 4) is 0 Å². The fourth-order valence-corrected chi connectivity index (χ4v) is 6.04. The van der Waals surface area contributed by atoms with Gasteiger partial charge in [-0.3, -0.25) is 4.79 Å². The van der Waals surface area contributed by atoms with Gasteiger partial charge in [0.05, 0.1) is 6.04 Å². The van der Waals surface area contributed by atoms with E-state index >= 15 is 0 Å². The molecule has 0 radical (unpaired) electrons. The Morgan fingerprint density at radius 1 is 0.914 bits per heavy atom. The first-order valence-electron chi connectivity index (χ1n) is 12.3. The number of benzene rings is 3. The molecular formula is C29H29Cl3N2O. The van der Waals surface area contributed by atoms with Crippen LogP contribution in [-0.4, -0.2) is 19.0 Å². The number of piperidine rings is 1. The Morgan fingerprint density at radius 3 is 2.40 bits per heavy atom. The quantitative estimate of drug-likeness (QED) is 0.338. The van der Waals surface area contributed by atoms with Crippen LogP contribution in [0.25, 0.3) is 0 Å². The summed E-state index contributed by atoms with van der Waals surface area (Å²) in [5.74, 6) is 1.16. The average Bonchev–Trinajstić information content (AvgIpc) is 3.67. The van der Waals surface area contributed by atoms with E-state index in [0.717, 1.165) is 48.5 Å². The molecule has 35 heavy (non-hydrogen) atoms. The molecule has 1 saturated heterocycles. The SMILES string of the molecule is O=C(NCCC1CCC(c2ccc(Cl)cc2Cl)N(c2ccc(Cl)cc2)C1)[C@@H]1C[C@H]1c1ccccc1. The molecule has 1 saturated carbocycles. The second-order valence-corrected chi connectivity index (χ2v) is 11.0. The summed E-state index contributed by atoms with van der Waals surface area (Å²) in [4.78, 5) is 15.1. The minimum Gasteiger partial charge on any atom is -0.364 e. The van der Waals surface area contributed by atoms with Gasteiger partial charge in [-0.2, -0.15) is 0 Å². The lowest BCUT2D eigenvalue weighted by Gasteiger charge is -2.42. The van der Waals surface area contributed by atoms with E-state index < -0.39 is 0 Å². The van der Waals surface area contributed by atoms with Crippen molar-refractivity contribution in [2.45, 2.75) is 37.6 Å². The van der Waals surface area contributed by atoms with E-state index in [9.17, 15) is 4.79 Å².